The maximum absolute atomic E-state index is 15.6. The predicted molar refractivity (Wildman–Crippen MR) is 425 cm³/mol. The van der Waals surface area contributed by atoms with Crippen LogP contribution >= 0.6 is 22.7 Å². The second kappa shape index (κ2) is 25.2. The fraction of sp³-hybridized carbons (Fsp3) is 0.522. The Kier molecular flexibility index (Phi) is 19.9. The van der Waals surface area contributed by atoms with E-state index in [4.69, 9.17) is 0 Å². The lowest BCUT2D eigenvalue weighted by Gasteiger charge is -2.32. The molecule has 0 aromatic carbocycles. The van der Waals surface area contributed by atoms with Crippen LogP contribution in [0.4, 0.5) is 0 Å². The van der Waals surface area contributed by atoms with Gasteiger partial charge in [0.1, 0.15) is 0 Å². The Morgan fingerprint density at radius 2 is 0.260 bits per heavy atom. The molecule has 0 unspecified atom stereocenters. The van der Waals surface area contributed by atoms with Gasteiger partial charge in [0, 0.05) is 96.8 Å². The highest BCUT2D eigenvalue weighted by Crippen LogP contribution is 2.46. The van der Waals surface area contributed by atoms with Gasteiger partial charge in [-0.25, -0.2) is 0 Å². The number of carbonyl (C=O) groups excluding carboxylic acids is 6. The summed E-state index contributed by atoms with van der Waals surface area (Å²) in [6, 6.07) is 0. The van der Waals surface area contributed by atoms with Crippen molar-refractivity contribution in [3.8, 4) is 0 Å². The zero-order chi connectivity index (χ0) is 76.4. The molecule has 100 heavy (non-hydrogen) atoms. The Balaban J connectivity index is 2.15. The molecule has 0 saturated carbocycles. The molecule has 2 aromatic heterocycles. The van der Waals surface area contributed by atoms with Gasteiger partial charge in [-0.15, -0.1) is 22.7 Å². The van der Waals surface area contributed by atoms with Crippen molar-refractivity contribution in [3.63, 3.8) is 0 Å². The summed E-state index contributed by atoms with van der Waals surface area (Å²) >= 11 is 3.31. The highest BCUT2D eigenvalue weighted by Gasteiger charge is 2.42. The Bertz CT molecular complexity index is 4420. The second-order valence-corrected chi connectivity index (χ2v) is 43.5. The van der Waals surface area contributed by atoms with Crippen LogP contribution in [0.1, 0.15) is 249 Å². The van der Waals surface area contributed by atoms with Gasteiger partial charge in [0.25, 0.3) is 0 Å². The summed E-state index contributed by atoms with van der Waals surface area (Å²) in [5.74, 6) is -0.0420. The van der Waals surface area contributed by atoms with Gasteiger partial charge in [0.2, 0.25) is 0 Å². The molecule has 0 atom stereocenters. The number of carbonyl (C=O) groups is 6. The fourth-order valence-electron chi connectivity index (χ4n) is 14.0. The van der Waals surface area contributed by atoms with Gasteiger partial charge in [-0.2, -0.15) is 0 Å². The number of Topliss-reactive ketones (excluding diaryl/α,β-unsaturated/α-hetero) is 6. The molecule has 8 heteroatoms. The van der Waals surface area contributed by atoms with Gasteiger partial charge in [-0.3, -0.25) is 28.8 Å². The van der Waals surface area contributed by atoms with E-state index in [0.717, 1.165) is 72.4 Å². The van der Waals surface area contributed by atoms with Crippen molar-refractivity contribution in [2.75, 3.05) is 0 Å². The van der Waals surface area contributed by atoms with Gasteiger partial charge in [-0.05, 0) is 171 Å². The minimum atomic E-state index is -0.629. The topological polar surface area (TPSA) is 102 Å². The van der Waals surface area contributed by atoms with Crippen LogP contribution in [0, 0.1) is 74.0 Å². The van der Waals surface area contributed by atoms with Crippen molar-refractivity contribution in [1.29, 1.82) is 0 Å². The zero-order valence-electron chi connectivity index (χ0n) is 68.2. The molecule has 0 aliphatic heterocycles. The van der Waals surface area contributed by atoms with Crippen LogP contribution in [-0.2, 0) is 28.8 Å². The summed E-state index contributed by atoms with van der Waals surface area (Å²) in [5.41, 5.74) is 5.72. The van der Waals surface area contributed by atoms with Crippen molar-refractivity contribution in [2.45, 2.75) is 249 Å². The molecule has 0 bridgehead atoms. The molecule has 536 valence electrons. The van der Waals surface area contributed by atoms with Crippen LogP contribution in [0.5, 0.6) is 0 Å². The molecule has 2 aromatic rings. The summed E-state index contributed by atoms with van der Waals surface area (Å²) in [7, 11) is 0. The van der Waals surface area contributed by atoms with E-state index in [9.17, 15) is 0 Å². The van der Waals surface area contributed by atoms with Crippen LogP contribution in [-0.4, -0.2) is 34.7 Å². The maximum atomic E-state index is 15.6. The zero-order valence-corrected chi connectivity index (χ0v) is 69.8. The van der Waals surface area contributed by atoms with E-state index in [-0.39, 0.29) is 34.7 Å². The standard InChI is InChI=1S/C92H120O6S2/c1-81(2,3)55-37-49(38-56(71(55)93)82(4,5)6)67-69(51-41-59(85(13,14)15)73(95)60(42-51)86(16,17)18)79(99-77(67)53-45-63(89(25,26)27)75(97)64(46-53)90(28,29)30)80-70(52-43-61(87(19,20)21)74(96)62(44-52)88(22,23)24)68(50-39-57(83(7,8)9)72(94)58(40-50)84(10,11)12)78(100-80)54-47-65(91(31,32)33)76(98)66(48-54)92(34,35)36/h37-48H,1-36H3/b80-79+. The van der Waals surface area contributed by atoms with Crippen LogP contribution in [0.3, 0.4) is 0 Å². The first-order valence-corrected chi connectivity index (χ1v) is 37.9. The summed E-state index contributed by atoms with van der Waals surface area (Å²) < 4.78 is 3.51. The second-order valence-electron chi connectivity index (χ2n) is 41.4. The van der Waals surface area contributed by atoms with Crippen molar-refractivity contribution < 1.29 is 28.8 Å². The summed E-state index contributed by atoms with van der Waals surface area (Å²) in [4.78, 5) is 92.8. The van der Waals surface area contributed by atoms with Crippen molar-refractivity contribution >= 4 is 90.8 Å². The van der Waals surface area contributed by atoms with E-state index >= 15 is 28.8 Å². The van der Waals surface area contributed by atoms with Crippen molar-refractivity contribution in [3.05, 3.63) is 179 Å². The Hall–Kier alpha value is -6.48. The lowest BCUT2D eigenvalue weighted by molar-refractivity contribution is -0.114. The van der Waals surface area contributed by atoms with Crippen molar-refractivity contribution in [1.82, 2.24) is 0 Å². The van der Waals surface area contributed by atoms with Gasteiger partial charge in [0.05, 0.1) is 9.06 Å². The van der Waals surface area contributed by atoms with E-state index in [1.807, 2.05) is 0 Å². The molecular formula is C92H120O6S2. The number of rotatable bonds is 0. The lowest BCUT2D eigenvalue weighted by Crippen LogP contribution is -2.41. The van der Waals surface area contributed by atoms with Crippen LogP contribution in [0.15, 0.2) is 140 Å². The van der Waals surface area contributed by atoms with Crippen LogP contribution < -0.4 is 29.9 Å². The summed E-state index contributed by atoms with van der Waals surface area (Å²) in [6.45, 7) is 75.8. The first-order chi connectivity index (χ1) is 44.7. The Morgan fingerprint density at radius 3 is 0.370 bits per heavy atom. The third kappa shape index (κ3) is 15.3. The average Bonchev–Trinajstić information content (AvgIpc) is 1.53. The fourth-order valence-corrected chi connectivity index (χ4v) is 16.8. The third-order valence-corrected chi connectivity index (χ3v) is 22.6. The van der Waals surface area contributed by atoms with Gasteiger partial charge < -0.3 is 0 Å². The number of ketones is 6. The highest BCUT2D eigenvalue weighted by molar-refractivity contribution is 7.11. The molecule has 0 saturated heterocycles. The third-order valence-electron chi connectivity index (χ3n) is 19.9. The summed E-state index contributed by atoms with van der Waals surface area (Å²) in [6.07, 6.45) is 25.4. The molecule has 0 radical (unpaired) electrons. The van der Waals surface area contributed by atoms with E-state index in [2.05, 4.69) is 322 Å². The molecule has 0 amide bonds. The number of hydrogen-bond acceptors (Lipinski definition) is 8. The van der Waals surface area contributed by atoms with Gasteiger partial charge >= 0.3 is 0 Å². The first-order valence-electron chi connectivity index (χ1n) is 36.2. The molecule has 8 rings (SSSR count). The molecule has 6 aliphatic carbocycles. The molecule has 6 nitrogen and oxygen atoms in total. The number of thiophene rings is 2. The highest BCUT2D eigenvalue weighted by atomic mass is 32.1. The van der Waals surface area contributed by atoms with Crippen molar-refractivity contribution in [2.24, 2.45) is 65.0 Å². The Labute approximate surface area is 608 Å². The molecule has 2 heterocycles. The molecule has 0 fully saturated rings. The van der Waals surface area contributed by atoms with Crippen LogP contribution in [0.25, 0.3) is 33.4 Å². The van der Waals surface area contributed by atoms with E-state index < -0.39 is 65.0 Å². The molecule has 6 aliphatic rings. The Morgan fingerprint density at radius 1 is 0.160 bits per heavy atom. The van der Waals surface area contributed by atoms with E-state index in [1.54, 1.807) is 22.7 Å². The number of hydrogen-bond donors (Lipinski definition) is 0. The smallest absolute Gasteiger partial charge is 0.186 e. The normalized spacial score (nSPS) is 19.5. The molecular weight excluding hydrogens is 1270 g/mol. The largest absolute Gasteiger partial charge is 0.289 e. The van der Waals surface area contributed by atoms with E-state index in [0.29, 0.717) is 66.9 Å². The first kappa shape index (κ1) is 79.2. The maximum Gasteiger partial charge on any atom is 0.186 e. The van der Waals surface area contributed by atoms with Gasteiger partial charge in [0.15, 0.2) is 34.7 Å². The summed E-state index contributed by atoms with van der Waals surface area (Å²) in [5, 5.41) is 3.42. The van der Waals surface area contributed by atoms with E-state index in [1.165, 1.54) is 0 Å². The van der Waals surface area contributed by atoms with Crippen LogP contribution in [0.2, 0.25) is 0 Å². The quantitative estimate of drug-likeness (QED) is 0.260. The number of allylic oxidation sites excluding steroid dienone is 24. The minimum absolute atomic E-state index is 0.00127. The molecule has 0 spiro atoms. The SMILES string of the molecule is CC(C)(C)C1=CC(=c2s/c(=c3/sc(=C4C=C(C(C)(C)C)C(=O)C(C(C)(C)C)=C4)c(=C4C=C(C(C)(C)C)C(=O)C(C(C)(C)C)=C4)c3=C3C=C(C(C)(C)C)C(=O)C(C(C)(C)C)=C3)c(=C3C=C(C(C)(C)C)C(=O)C(C(C)(C)C)=C3)c2=C2C=C(C(C)(C)C)C(=O)C(C(C)(C)C)=C2)C=C(C(C)(C)C)C1=O. The monoisotopic (exact) mass is 1380 g/mol. The predicted octanol–water partition coefficient (Wildman–Crippen LogP) is 19.2. The minimum Gasteiger partial charge on any atom is -0.289 e. The average molecular weight is 1390 g/mol. The lowest BCUT2D eigenvalue weighted by atomic mass is 9.71. The van der Waals surface area contributed by atoms with Gasteiger partial charge in [-0.1, -0.05) is 249 Å². The molecule has 0 N–H and O–H groups in total.